The predicted octanol–water partition coefficient (Wildman–Crippen LogP) is 17.9. The van der Waals surface area contributed by atoms with Gasteiger partial charge in [0.05, 0.1) is 33.1 Å². The highest BCUT2D eigenvalue weighted by molar-refractivity contribution is 6.17. The summed E-state index contributed by atoms with van der Waals surface area (Å²) in [4.78, 5) is 0. The van der Waals surface area contributed by atoms with Gasteiger partial charge in [-0.1, -0.05) is 133 Å². The zero-order chi connectivity index (χ0) is 45.9. The maximum absolute atomic E-state index is 7.04. The molecular formula is C66H41N3O. The second-order valence-electron chi connectivity index (χ2n) is 18.5. The van der Waals surface area contributed by atoms with Crippen molar-refractivity contribution in [3.63, 3.8) is 0 Å². The van der Waals surface area contributed by atoms with Gasteiger partial charge in [0.25, 0.3) is 0 Å². The van der Waals surface area contributed by atoms with Crippen molar-refractivity contribution in [2.24, 2.45) is 0 Å². The van der Waals surface area contributed by atoms with E-state index < -0.39 is 0 Å². The van der Waals surface area contributed by atoms with Crippen LogP contribution in [0.5, 0.6) is 0 Å². The standard InChI is InChI=1S/C66H41N3O/c1-4-16-47(17-5-1)67-59-25-13-10-22-50(59)54-36-42(28-32-62(54)67)43-31-35-65-57(38-43)58-41-46(44-29-33-63-55(37-44)51-23-11-14-26-60(51)68(63)48-18-6-2-7-19-48)40-53(66(58)70-65)45-30-34-64-56(39-45)52-24-12-15-27-61(52)69(64)49-20-8-3-9-21-49/h1-41H. The van der Waals surface area contributed by atoms with E-state index in [2.05, 4.69) is 262 Å². The molecule has 4 nitrogen and oxygen atoms in total. The van der Waals surface area contributed by atoms with Gasteiger partial charge < -0.3 is 18.1 Å². The van der Waals surface area contributed by atoms with E-state index >= 15 is 0 Å². The molecule has 4 heteroatoms. The molecule has 0 fully saturated rings. The van der Waals surface area contributed by atoms with E-state index in [-0.39, 0.29) is 0 Å². The summed E-state index contributed by atoms with van der Waals surface area (Å²) >= 11 is 0. The summed E-state index contributed by atoms with van der Waals surface area (Å²) in [6, 6.07) is 90.4. The molecule has 0 atom stereocenters. The lowest BCUT2D eigenvalue weighted by Gasteiger charge is -2.11. The Morgan fingerprint density at radius 1 is 0.229 bits per heavy atom. The molecule has 4 aromatic heterocycles. The molecule has 0 saturated heterocycles. The van der Waals surface area contributed by atoms with Crippen molar-refractivity contribution in [3.8, 4) is 50.4 Å². The molecule has 70 heavy (non-hydrogen) atoms. The molecule has 0 saturated carbocycles. The van der Waals surface area contributed by atoms with Crippen molar-refractivity contribution in [1.82, 2.24) is 13.7 Å². The third-order valence-electron chi connectivity index (χ3n) is 14.6. The fourth-order valence-electron chi connectivity index (χ4n) is 11.5. The number of furan rings is 1. The van der Waals surface area contributed by atoms with Gasteiger partial charge in [-0.15, -0.1) is 0 Å². The smallest absolute Gasteiger partial charge is 0.143 e. The van der Waals surface area contributed by atoms with Crippen LogP contribution in [0, 0.1) is 0 Å². The van der Waals surface area contributed by atoms with Gasteiger partial charge in [0.15, 0.2) is 0 Å². The number of rotatable bonds is 6. The molecule has 0 N–H and O–H groups in total. The first-order chi connectivity index (χ1) is 34.7. The highest BCUT2D eigenvalue weighted by Crippen LogP contribution is 2.45. The van der Waals surface area contributed by atoms with Crippen LogP contribution in [0.2, 0.25) is 0 Å². The minimum Gasteiger partial charge on any atom is -0.455 e. The SMILES string of the molecule is c1ccc(-n2c3ccccc3c3cc(-c4ccc5oc6c(-c7ccc8c(c7)c7ccccc7n8-c7ccccc7)cc(-c7ccc8c(c7)c7ccccc7n8-c7ccccc7)cc6c5c4)ccc32)cc1. The van der Waals surface area contributed by atoms with Gasteiger partial charge in [-0.2, -0.15) is 0 Å². The molecule has 0 unspecified atom stereocenters. The molecule has 0 bridgehead atoms. The first-order valence-corrected chi connectivity index (χ1v) is 24.0. The van der Waals surface area contributed by atoms with E-state index in [0.29, 0.717) is 0 Å². The van der Waals surface area contributed by atoms with Crippen molar-refractivity contribution >= 4 is 87.4 Å². The second-order valence-corrected chi connectivity index (χ2v) is 18.5. The van der Waals surface area contributed by atoms with Crippen LogP contribution in [0.15, 0.2) is 253 Å². The summed E-state index contributed by atoms with van der Waals surface area (Å²) in [5, 5.41) is 9.51. The van der Waals surface area contributed by atoms with Gasteiger partial charge in [-0.25, -0.2) is 0 Å². The average molecular weight is 892 g/mol. The zero-order valence-electron chi connectivity index (χ0n) is 37.9. The molecule has 15 rings (SSSR count). The highest BCUT2D eigenvalue weighted by atomic mass is 16.3. The third-order valence-corrected chi connectivity index (χ3v) is 14.6. The van der Waals surface area contributed by atoms with Gasteiger partial charge in [0.2, 0.25) is 0 Å². The molecule has 15 aromatic rings. The summed E-state index contributed by atoms with van der Waals surface area (Å²) in [6.45, 7) is 0. The van der Waals surface area contributed by atoms with Crippen molar-refractivity contribution in [1.29, 1.82) is 0 Å². The topological polar surface area (TPSA) is 27.9 Å². The number of para-hydroxylation sites is 6. The molecule has 0 aliphatic heterocycles. The molecule has 0 amide bonds. The largest absolute Gasteiger partial charge is 0.455 e. The first kappa shape index (κ1) is 38.7. The molecule has 4 heterocycles. The number of aromatic nitrogens is 3. The number of nitrogens with zero attached hydrogens (tertiary/aromatic N) is 3. The number of fused-ring (bicyclic) bond motifs is 12. The molecule has 326 valence electrons. The maximum Gasteiger partial charge on any atom is 0.143 e. The Labute approximate surface area is 402 Å². The van der Waals surface area contributed by atoms with E-state index in [1.165, 1.54) is 65.4 Å². The average Bonchev–Trinajstić information content (AvgIpc) is 4.17. The lowest BCUT2D eigenvalue weighted by molar-refractivity contribution is 0.670. The lowest BCUT2D eigenvalue weighted by atomic mass is 9.93. The van der Waals surface area contributed by atoms with Gasteiger partial charge in [0.1, 0.15) is 11.2 Å². The molecule has 0 aliphatic carbocycles. The Bertz CT molecular complexity index is 4570. The predicted molar refractivity (Wildman–Crippen MR) is 293 cm³/mol. The first-order valence-electron chi connectivity index (χ1n) is 24.0. The van der Waals surface area contributed by atoms with Crippen molar-refractivity contribution in [3.05, 3.63) is 249 Å². The minimum atomic E-state index is 0.863. The van der Waals surface area contributed by atoms with Crippen LogP contribution in [0.1, 0.15) is 0 Å². The molecular weight excluding hydrogens is 851 g/mol. The van der Waals surface area contributed by atoms with Crippen LogP contribution < -0.4 is 0 Å². The quantitative estimate of drug-likeness (QED) is 0.163. The summed E-state index contributed by atoms with van der Waals surface area (Å²) in [6.07, 6.45) is 0. The maximum atomic E-state index is 7.04. The van der Waals surface area contributed by atoms with E-state index in [1.54, 1.807) is 0 Å². The van der Waals surface area contributed by atoms with Crippen LogP contribution in [-0.2, 0) is 0 Å². The third kappa shape index (κ3) is 5.77. The van der Waals surface area contributed by atoms with Crippen LogP contribution >= 0.6 is 0 Å². The van der Waals surface area contributed by atoms with E-state index in [0.717, 1.165) is 72.4 Å². The summed E-state index contributed by atoms with van der Waals surface area (Å²) in [7, 11) is 0. The molecule has 0 aliphatic rings. The molecule has 0 spiro atoms. The summed E-state index contributed by atoms with van der Waals surface area (Å²) in [5.74, 6) is 0. The zero-order valence-corrected chi connectivity index (χ0v) is 37.9. The molecule has 0 radical (unpaired) electrons. The fourth-order valence-corrected chi connectivity index (χ4v) is 11.5. The Morgan fingerprint density at radius 3 is 1.04 bits per heavy atom. The van der Waals surface area contributed by atoms with E-state index in [4.69, 9.17) is 4.42 Å². The minimum absolute atomic E-state index is 0.863. The lowest BCUT2D eigenvalue weighted by Crippen LogP contribution is -1.93. The van der Waals surface area contributed by atoms with Crippen molar-refractivity contribution in [2.75, 3.05) is 0 Å². The van der Waals surface area contributed by atoms with Crippen molar-refractivity contribution in [2.45, 2.75) is 0 Å². The van der Waals surface area contributed by atoms with E-state index in [9.17, 15) is 0 Å². The summed E-state index contributed by atoms with van der Waals surface area (Å²) in [5.41, 5.74) is 19.1. The normalized spacial score (nSPS) is 12.0. The Kier molecular flexibility index (Phi) is 8.33. The number of hydrogen-bond acceptors (Lipinski definition) is 1. The Morgan fingerprint density at radius 2 is 0.571 bits per heavy atom. The summed E-state index contributed by atoms with van der Waals surface area (Å²) < 4.78 is 14.2. The van der Waals surface area contributed by atoms with Gasteiger partial charge in [-0.05, 0) is 143 Å². The monoisotopic (exact) mass is 891 g/mol. The highest BCUT2D eigenvalue weighted by Gasteiger charge is 2.21. The van der Waals surface area contributed by atoms with Gasteiger partial charge in [0, 0.05) is 65.7 Å². The molecule has 11 aromatic carbocycles. The van der Waals surface area contributed by atoms with Crippen LogP contribution in [0.3, 0.4) is 0 Å². The Hall–Kier alpha value is -9.38. The number of hydrogen-bond donors (Lipinski definition) is 0. The van der Waals surface area contributed by atoms with E-state index in [1.807, 2.05) is 0 Å². The van der Waals surface area contributed by atoms with Gasteiger partial charge >= 0.3 is 0 Å². The Balaban J connectivity index is 0.959. The van der Waals surface area contributed by atoms with Crippen LogP contribution in [0.4, 0.5) is 0 Å². The van der Waals surface area contributed by atoms with Crippen LogP contribution in [0.25, 0.3) is 138 Å². The van der Waals surface area contributed by atoms with Crippen molar-refractivity contribution < 1.29 is 4.42 Å². The fraction of sp³-hybridized carbons (Fsp3) is 0. The van der Waals surface area contributed by atoms with Gasteiger partial charge in [-0.3, -0.25) is 0 Å². The van der Waals surface area contributed by atoms with Crippen LogP contribution in [-0.4, -0.2) is 13.7 Å². The second kappa shape index (κ2) is 15.1. The number of benzene rings is 11.